The van der Waals surface area contributed by atoms with Gasteiger partial charge in [0.25, 0.3) is 0 Å². The molecule has 6 nitrogen and oxygen atoms in total. The van der Waals surface area contributed by atoms with Gasteiger partial charge in [-0.2, -0.15) is 0 Å². The molecule has 182 valence electrons. The monoisotopic (exact) mass is 472 g/mol. The number of methoxy groups -OCH3 is 2. The summed E-state index contributed by atoms with van der Waals surface area (Å²) in [5.74, 6) is 3.06. The van der Waals surface area contributed by atoms with Crippen LogP contribution < -0.4 is 14.2 Å². The second-order valence-electron chi connectivity index (χ2n) is 9.19. The molecule has 0 amide bonds. The Balaban J connectivity index is 1.27. The molecule has 5 rings (SSSR count). The van der Waals surface area contributed by atoms with Crippen LogP contribution in [0.1, 0.15) is 36.0 Å². The molecule has 3 aromatic rings. The number of ether oxygens (including phenoxy) is 3. The van der Waals surface area contributed by atoms with E-state index >= 15 is 0 Å². The van der Waals surface area contributed by atoms with Crippen molar-refractivity contribution in [2.75, 3.05) is 33.9 Å². The lowest BCUT2D eigenvalue weighted by molar-refractivity contribution is -0.0254. The Labute approximate surface area is 206 Å². The molecular formula is C29H32N2O4. The minimum absolute atomic E-state index is 0.633. The fourth-order valence-corrected chi connectivity index (χ4v) is 5.05. The molecule has 0 spiro atoms. The second kappa shape index (κ2) is 10.1. The first-order valence-corrected chi connectivity index (χ1v) is 12.2. The number of hydrogen-bond acceptors (Lipinski definition) is 6. The van der Waals surface area contributed by atoms with Crippen LogP contribution in [-0.2, 0) is 12.0 Å². The van der Waals surface area contributed by atoms with Gasteiger partial charge >= 0.3 is 0 Å². The van der Waals surface area contributed by atoms with Crippen LogP contribution in [0.15, 0.2) is 66.9 Å². The van der Waals surface area contributed by atoms with Gasteiger partial charge in [-0.05, 0) is 66.8 Å². The zero-order valence-corrected chi connectivity index (χ0v) is 20.4. The Bertz CT molecular complexity index is 1200. The van der Waals surface area contributed by atoms with E-state index in [9.17, 15) is 5.11 Å². The predicted molar refractivity (Wildman–Crippen MR) is 136 cm³/mol. The first kappa shape index (κ1) is 23.4. The summed E-state index contributed by atoms with van der Waals surface area (Å²) in [5, 5.41) is 11.2. The molecule has 2 aliphatic heterocycles. The van der Waals surface area contributed by atoms with Crippen LogP contribution in [0.5, 0.6) is 23.1 Å². The lowest BCUT2D eigenvalue weighted by atomic mass is 9.84. The topological polar surface area (TPSA) is 64.1 Å². The number of rotatable bonds is 6. The highest BCUT2D eigenvalue weighted by Crippen LogP contribution is 2.41. The highest BCUT2D eigenvalue weighted by atomic mass is 16.5. The smallest absolute Gasteiger partial charge is 0.226 e. The number of piperidine rings is 1. The van der Waals surface area contributed by atoms with Crippen molar-refractivity contribution in [1.29, 1.82) is 0 Å². The standard InChI is InChI=1S/C29H32N2O4/c1-33-23-12-10-22(11-13-23)29(32)14-18-31(19-15-29)17-5-6-21-20-25-26(34-2)8-3-9-27(25)35-28-24(21)7-4-16-30-28/h3-4,6-13,16,32H,5,14-15,17-20H2,1-2H3. The van der Waals surface area contributed by atoms with Crippen molar-refractivity contribution in [1.82, 2.24) is 9.88 Å². The van der Waals surface area contributed by atoms with Crippen LogP contribution in [0.25, 0.3) is 5.57 Å². The molecule has 3 heterocycles. The van der Waals surface area contributed by atoms with Gasteiger partial charge < -0.3 is 24.2 Å². The van der Waals surface area contributed by atoms with E-state index < -0.39 is 5.60 Å². The maximum atomic E-state index is 11.2. The molecule has 0 atom stereocenters. The van der Waals surface area contributed by atoms with Crippen molar-refractivity contribution in [2.45, 2.75) is 31.3 Å². The number of benzene rings is 2. The number of aromatic nitrogens is 1. The molecule has 6 heteroatoms. The van der Waals surface area contributed by atoms with Crippen molar-refractivity contribution >= 4 is 5.57 Å². The van der Waals surface area contributed by atoms with Crippen molar-refractivity contribution in [3.8, 4) is 23.1 Å². The average molecular weight is 473 g/mol. The lowest BCUT2D eigenvalue weighted by Crippen LogP contribution is -2.42. The van der Waals surface area contributed by atoms with Gasteiger partial charge in [0.15, 0.2) is 0 Å². The van der Waals surface area contributed by atoms with E-state index in [0.29, 0.717) is 5.88 Å². The van der Waals surface area contributed by atoms with Crippen molar-refractivity contribution in [3.05, 3.63) is 83.6 Å². The molecular weight excluding hydrogens is 440 g/mol. The Morgan fingerprint density at radius 3 is 2.57 bits per heavy atom. The van der Waals surface area contributed by atoms with Gasteiger partial charge in [-0.3, -0.25) is 0 Å². The Morgan fingerprint density at radius 1 is 1.03 bits per heavy atom. The van der Waals surface area contributed by atoms with Gasteiger partial charge in [0.1, 0.15) is 17.2 Å². The summed E-state index contributed by atoms with van der Waals surface area (Å²) in [4.78, 5) is 6.92. The molecule has 1 saturated heterocycles. The first-order valence-electron chi connectivity index (χ1n) is 12.2. The molecule has 1 N–H and O–H groups in total. The van der Waals surface area contributed by atoms with Gasteiger partial charge in [-0.15, -0.1) is 0 Å². The summed E-state index contributed by atoms with van der Waals surface area (Å²) >= 11 is 0. The third-order valence-corrected chi connectivity index (χ3v) is 7.15. The molecule has 0 aliphatic carbocycles. The van der Waals surface area contributed by atoms with Gasteiger partial charge in [-0.1, -0.05) is 24.3 Å². The average Bonchev–Trinajstić information content (AvgIpc) is 3.06. The third kappa shape index (κ3) is 4.90. The highest BCUT2D eigenvalue weighted by molar-refractivity contribution is 5.74. The Hall–Kier alpha value is -3.35. The summed E-state index contributed by atoms with van der Waals surface area (Å²) in [6, 6.07) is 17.7. The van der Waals surface area contributed by atoms with Gasteiger partial charge in [-0.25, -0.2) is 4.98 Å². The summed E-state index contributed by atoms with van der Waals surface area (Å²) < 4.78 is 17.0. The molecule has 0 bridgehead atoms. The largest absolute Gasteiger partial charge is 0.497 e. The van der Waals surface area contributed by atoms with E-state index in [1.165, 1.54) is 5.57 Å². The van der Waals surface area contributed by atoms with E-state index in [-0.39, 0.29) is 0 Å². The summed E-state index contributed by atoms with van der Waals surface area (Å²) in [7, 11) is 3.35. The van der Waals surface area contributed by atoms with Gasteiger partial charge in [0.2, 0.25) is 5.88 Å². The van der Waals surface area contributed by atoms with Crippen molar-refractivity contribution in [3.63, 3.8) is 0 Å². The Kier molecular flexibility index (Phi) is 6.75. The van der Waals surface area contributed by atoms with Crippen molar-refractivity contribution in [2.24, 2.45) is 0 Å². The van der Waals surface area contributed by atoms with Crippen LogP contribution in [0.4, 0.5) is 0 Å². The maximum absolute atomic E-state index is 11.2. The number of allylic oxidation sites excluding steroid dienone is 1. The SMILES string of the molecule is COc1ccc(C2(O)CCN(CCC=C3Cc4c(OC)cccc4Oc4ncccc43)CC2)cc1. The van der Waals surface area contributed by atoms with E-state index in [1.807, 2.05) is 48.5 Å². The van der Waals surface area contributed by atoms with E-state index in [4.69, 9.17) is 14.2 Å². The van der Waals surface area contributed by atoms with E-state index in [0.717, 1.165) is 79.3 Å². The van der Waals surface area contributed by atoms with Crippen LogP contribution >= 0.6 is 0 Å². The fourth-order valence-electron chi connectivity index (χ4n) is 5.05. The number of nitrogens with zero attached hydrogens (tertiary/aromatic N) is 2. The van der Waals surface area contributed by atoms with Crippen LogP contribution in [-0.4, -0.2) is 48.8 Å². The zero-order chi connectivity index (χ0) is 24.3. The molecule has 35 heavy (non-hydrogen) atoms. The quantitative estimate of drug-likeness (QED) is 0.532. The predicted octanol–water partition coefficient (Wildman–Crippen LogP) is 5.20. The minimum atomic E-state index is -0.773. The highest BCUT2D eigenvalue weighted by Gasteiger charge is 2.33. The minimum Gasteiger partial charge on any atom is -0.497 e. The number of hydrogen-bond donors (Lipinski definition) is 1. The van der Waals surface area contributed by atoms with Gasteiger partial charge in [0.05, 0.1) is 19.8 Å². The number of likely N-dealkylation sites (tertiary alicyclic amines) is 1. The normalized spacial score (nSPS) is 18.2. The van der Waals surface area contributed by atoms with E-state index in [2.05, 4.69) is 22.0 Å². The molecule has 0 unspecified atom stereocenters. The van der Waals surface area contributed by atoms with Crippen LogP contribution in [0, 0.1) is 0 Å². The Morgan fingerprint density at radius 2 is 1.83 bits per heavy atom. The number of pyridine rings is 1. The van der Waals surface area contributed by atoms with Crippen molar-refractivity contribution < 1.29 is 19.3 Å². The molecule has 1 aromatic heterocycles. The first-order chi connectivity index (χ1) is 17.1. The zero-order valence-electron chi connectivity index (χ0n) is 20.4. The summed E-state index contributed by atoms with van der Waals surface area (Å²) in [5.41, 5.74) is 3.46. The molecule has 2 aliphatic rings. The summed E-state index contributed by atoms with van der Waals surface area (Å²) in [6.45, 7) is 2.67. The number of fused-ring (bicyclic) bond motifs is 2. The lowest BCUT2D eigenvalue weighted by Gasteiger charge is -2.38. The number of aliphatic hydroxyl groups is 1. The van der Waals surface area contributed by atoms with Crippen LogP contribution in [0.2, 0.25) is 0 Å². The summed E-state index contributed by atoms with van der Waals surface area (Å²) in [6.07, 6.45) is 7.15. The molecule has 1 fully saturated rings. The third-order valence-electron chi connectivity index (χ3n) is 7.15. The van der Waals surface area contributed by atoms with E-state index in [1.54, 1.807) is 20.4 Å². The van der Waals surface area contributed by atoms with Crippen LogP contribution in [0.3, 0.4) is 0 Å². The maximum Gasteiger partial charge on any atom is 0.226 e. The molecule has 0 radical (unpaired) electrons. The van der Waals surface area contributed by atoms with Gasteiger partial charge in [0, 0.05) is 43.4 Å². The second-order valence-corrected chi connectivity index (χ2v) is 9.19. The molecule has 0 saturated carbocycles. The fraction of sp³-hybridized carbons (Fsp3) is 0.345. The molecule has 2 aromatic carbocycles.